The van der Waals surface area contributed by atoms with Gasteiger partial charge in [-0.2, -0.15) is 18.3 Å². The highest BCUT2D eigenvalue weighted by molar-refractivity contribution is 6.34. The molecular weight excluding hydrogens is 335 g/mol. The molecule has 0 aliphatic heterocycles. The summed E-state index contributed by atoms with van der Waals surface area (Å²) in [5, 5.41) is 2.94. The van der Waals surface area contributed by atoms with Gasteiger partial charge in [-0.05, 0) is 12.1 Å². The van der Waals surface area contributed by atoms with Gasteiger partial charge in [-0.1, -0.05) is 23.2 Å². The molecule has 0 unspecified atom stereocenters. The van der Waals surface area contributed by atoms with Crippen LogP contribution in [0.1, 0.15) is 5.69 Å². The summed E-state index contributed by atoms with van der Waals surface area (Å²) in [6.45, 7) is 0. The van der Waals surface area contributed by atoms with Crippen molar-refractivity contribution in [2.24, 2.45) is 7.05 Å². The molecule has 2 rings (SSSR count). The van der Waals surface area contributed by atoms with Crippen molar-refractivity contribution >= 4 is 23.2 Å². The summed E-state index contributed by atoms with van der Waals surface area (Å²) in [5.74, 6) is -0.752. The molecule has 1 aromatic heterocycles. The molecule has 1 aromatic carbocycles. The fourth-order valence-corrected chi connectivity index (χ4v) is 2.44. The molecule has 0 spiro atoms. The Labute approximate surface area is 127 Å². The Hall–Kier alpha value is -1.47. The molecule has 0 radical (unpaired) electrons. The first-order valence-corrected chi connectivity index (χ1v) is 6.25. The summed E-state index contributed by atoms with van der Waals surface area (Å²) in [5.41, 5.74) is -1.72. The smallest absolute Gasteiger partial charge is 0.434 e. The predicted octanol–water partition coefficient (Wildman–Crippen LogP) is 4.56. The van der Waals surface area contributed by atoms with E-state index in [0.29, 0.717) is 4.68 Å². The Bertz CT molecular complexity index is 698. The molecule has 9 heteroatoms. The van der Waals surface area contributed by atoms with Crippen LogP contribution in [0.5, 0.6) is 5.75 Å². The normalized spacial score (nSPS) is 11.8. The lowest BCUT2D eigenvalue weighted by atomic mass is 10.1. The summed E-state index contributed by atoms with van der Waals surface area (Å²) in [4.78, 5) is 0. The van der Waals surface area contributed by atoms with Gasteiger partial charge in [0.1, 0.15) is 17.3 Å². The van der Waals surface area contributed by atoms with Crippen molar-refractivity contribution in [1.82, 2.24) is 9.78 Å². The number of halogens is 6. The zero-order valence-electron chi connectivity index (χ0n) is 10.7. The number of hydrogen-bond acceptors (Lipinski definition) is 2. The molecule has 0 saturated carbocycles. The van der Waals surface area contributed by atoms with E-state index < -0.39 is 22.7 Å². The maximum atomic E-state index is 13.9. The van der Waals surface area contributed by atoms with Crippen LogP contribution >= 0.6 is 23.2 Å². The van der Waals surface area contributed by atoms with Gasteiger partial charge in [0.2, 0.25) is 0 Å². The Kier molecular flexibility index (Phi) is 4.08. The van der Waals surface area contributed by atoms with Gasteiger partial charge in [-0.25, -0.2) is 4.39 Å². The summed E-state index contributed by atoms with van der Waals surface area (Å²) in [7, 11) is 2.37. The topological polar surface area (TPSA) is 27.1 Å². The Morgan fingerprint density at radius 1 is 1.24 bits per heavy atom. The van der Waals surface area contributed by atoms with Crippen LogP contribution in [-0.4, -0.2) is 16.9 Å². The average molecular weight is 343 g/mol. The van der Waals surface area contributed by atoms with E-state index >= 15 is 0 Å². The van der Waals surface area contributed by atoms with Crippen LogP contribution < -0.4 is 4.74 Å². The van der Waals surface area contributed by atoms with Crippen LogP contribution in [0.3, 0.4) is 0 Å². The zero-order valence-corrected chi connectivity index (χ0v) is 12.2. The highest BCUT2D eigenvalue weighted by atomic mass is 35.5. The molecule has 0 N–H and O–H groups in total. The van der Waals surface area contributed by atoms with Crippen molar-refractivity contribution in [2.45, 2.75) is 6.18 Å². The summed E-state index contributed by atoms with van der Waals surface area (Å²) >= 11 is 11.4. The monoisotopic (exact) mass is 342 g/mol. The lowest BCUT2D eigenvalue weighted by molar-refractivity contribution is -0.143. The van der Waals surface area contributed by atoms with Gasteiger partial charge in [0.05, 0.1) is 17.2 Å². The molecule has 0 amide bonds. The number of rotatable bonds is 2. The number of hydrogen-bond donors (Lipinski definition) is 0. The van der Waals surface area contributed by atoms with Gasteiger partial charge >= 0.3 is 6.18 Å². The lowest BCUT2D eigenvalue weighted by Gasteiger charge is -2.07. The molecule has 0 fully saturated rings. The van der Waals surface area contributed by atoms with Crippen molar-refractivity contribution in [1.29, 1.82) is 0 Å². The first kappa shape index (κ1) is 15.9. The van der Waals surface area contributed by atoms with E-state index in [9.17, 15) is 17.6 Å². The largest absolute Gasteiger partial charge is 0.495 e. The minimum absolute atomic E-state index is 0.0122. The predicted molar refractivity (Wildman–Crippen MR) is 70.2 cm³/mol. The number of alkyl halides is 3. The minimum atomic E-state index is -4.70. The van der Waals surface area contributed by atoms with Crippen LogP contribution in [0, 0.1) is 5.82 Å². The molecule has 114 valence electrons. The minimum Gasteiger partial charge on any atom is -0.495 e. The number of methoxy groups -OCH3 is 1. The molecule has 0 bridgehead atoms. The maximum Gasteiger partial charge on any atom is 0.434 e. The van der Waals surface area contributed by atoms with Gasteiger partial charge in [-0.15, -0.1) is 0 Å². The van der Waals surface area contributed by atoms with Gasteiger partial charge in [0, 0.05) is 12.6 Å². The van der Waals surface area contributed by atoms with E-state index in [4.69, 9.17) is 27.9 Å². The Morgan fingerprint density at radius 2 is 1.86 bits per heavy atom. The lowest BCUT2D eigenvalue weighted by Crippen LogP contribution is -2.12. The van der Waals surface area contributed by atoms with Gasteiger partial charge < -0.3 is 4.74 Å². The van der Waals surface area contributed by atoms with E-state index in [2.05, 4.69) is 5.10 Å². The molecule has 1 heterocycles. The van der Waals surface area contributed by atoms with Crippen molar-refractivity contribution in [2.75, 3.05) is 7.11 Å². The molecule has 2 aromatic rings. The third-order valence-corrected chi connectivity index (χ3v) is 3.41. The van der Waals surface area contributed by atoms with Crippen molar-refractivity contribution in [3.05, 3.63) is 33.7 Å². The molecule has 0 aliphatic rings. The van der Waals surface area contributed by atoms with Gasteiger partial charge in [0.25, 0.3) is 0 Å². The van der Waals surface area contributed by atoms with Crippen LogP contribution in [0.25, 0.3) is 11.3 Å². The second kappa shape index (κ2) is 5.38. The van der Waals surface area contributed by atoms with E-state index in [1.165, 1.54) is 7.11 Å². The highest BCUT2D eigenvalue weighted by Crippen LogP contribution is 2.41. The van der Waals surface area contributed by atoms with Gasteiger partial charge in [-0.3, -0.25) is 4.68 Å². The number of benzene rings is 1. The second-order valence-electron chi connectivity index (χ2n) is 4.10. The average Bonchev–Trinajstić information content (AvgIpc) is 2.64. The first-order valence-electron chi connectivity index (χ1n) is 5.50. The third kappa shape index (κ3) is 2.80. The molecule has 0 aliphatic carbocycles. The summed E-state index contributed by atoms with van der Waals surface area (Å²) < 4.78 is 58.0. The summed E-state index contributed by atoms with van der Waals surface area (Å²) in [6.07, 6.45) is -4.70. The van der Waals surface area contributed by atoms with Crippen LogP contribution in [0.4, 0.5) is 17.6 Å². The van der Waals surface area contributed by atoms with Crippen molar-refractivity contribution in [3.63, 3.8) is 0 Å². The molecule has 21 heavy (non-hydrogen) atoms. The van der Waals surface area contributed by atoms with Crippen LogP contribution in [0.15, 0.2) is 12.1 Å². The number of ether oxygens (including phenoxy) is 1. The fraction of sp³-hybridized carbons (Fsp3) is 0.250. The number of aromatic nitrogens is 2. The Morgan fingerprint density at radius 3 is 2.33 bits per heavy atom. The molecule has 3 nitrogen and oxygen atoms in total. The number of aryl methyl sites for hydroxylation is 1. The van der Waals surface area contributed by atoms with Crippen LogP contribution in [0.2, 0.25) is 10.0 Å². The van der Waals surface area contributed by atoms with E-state index in [0.717, 1.165) is 19.2 Å². The van der Waals surface area contributed by atoms with E-state index in [-0.39, 0.29) is 22.0 Å². The quantitative estimate of drug-likeness (QED) is 0.748. The molecule has 0 saturated heterocycles. The van der Waals surface area contributed by atoms with Crippen molar-refractivity contribution in [3.8, 4) is 17.0 Å². The Balaban J connectivity index is 2.69. The maximum absolute atomic E-state index is 13.9. The third-order valence-electron chi connectivity index (χ3n) is 2.75. The second-order valence-corrected chi connectivity index (χ2v) is 4.88. The molecule has 0 atom stereocenters. The van der Waals surface area contributed by atoms with E-state index in [1.54, 1.807) is 0 Å². The molecular formula is C12H8Cl2F4N2O. The SMILES string of the molecule is COc1cc(-c2nn(C)c(C(F)(F)F)c2Cl)c(F)cc1Cl. The summed E-state index contributed by atoms with van der Waals surface area (Å²) in [6, 6.07) is 2.07. The zero-order chi connectivity index (χ0) is 15.9. The van der Waals surface area contributed by atoms with Crippen LogP contribution in [-0.2, 0) is 13.2 Å². The number of nitrogens with zero attached hydrogens (tertiary/aromatic N) is 2. The van der Waals surface area contributed by atoms with Gasteiger partial charge in [0.15, 0.2) is 5.69 Å². The van der Waals surface area contributed by atoms with Crippen molar-refractivity contribution < 1.29 is 22.3 Å². The highest BCUT2D eigenvalue weighted by Gasteiger charge is 2.39. The van der Waals surface area contributed by atoms with E-state index in [1.807, 2.05) is 0 Å². The fourth-order valence-electron chi connectivity index (χ4n) is 1.85. The first-order chi connectivity index (χ1) is 9.66. The standard InChI is InChI=1S/C12H8Cl2F4N2O/c1-20-11(12(16,17)18)9(14)10(19-20)5-3-8(21-2)6(13)4-7(5)15/h3-4H,1-2H3.